The van der Waals surface area contributed by atoms with E-state index in [1.165, 1.54) is 10.9 Å². The molecule has 1 N–H and O–H groups in total. The molecule has 2 amide bonds. The van der Waals surface area contributed by atoms with E-state index in [0.29, 0.717) is 12.5 Å². The first-order valence-corrected chi connectivity index (χ1v) is 11.8. The first-order chi connectivity index (χ1) is 15.5. The summed E-state index contributed by atoms with van der Waals surface area (Å²) in [7, 11) is 1.68. The number of rotatable bonds is 4. The number of carbonyl (C=O) groups excluding carboxylic acids is 2. The van der Waals surface area contributed by atoms with Gasteiger partial charge < -0.3 is 19.5 Å². The van der Waals surface area contributed by atoms with Gasteiger partial charge >= 0.3 is 0 Å². The van der Waals surface area contributed by atoms with Crippen molar-refractivity contribution in [3.8, 4) is 5.75 Å². The van der Waals surface area contributed by atoms with E-state index in [4.69, 9.17) is 4.74 Å². The SMILES string of the molecule is COc1ccc2[nH]cc(C3CCN(C(=O)C4CC(=O)N(c5ccccc5Br)C4)CC3)c2c1. The number of methoxy groups -OCH3 is 1. The number of benzene rings is 2. The van der Waals surface area contributed by atoms with Gasteiger partial charge in [0.15, 0.2) is 0 Å². The fourth-order valence-electron chi connectivity index (χ4n) is 5.03. The lowest BCUT2D eigenvalue weighted by atomic mass is 9.88. The van der Waals surface area contributed by atoms with Crippen LogP contribution < -0.4 is 9.64 Å². The number of aromatic amines is 1. The zero-order chi connectivity index (χ0) is 22.2. The van der Waals surface area contributed by atoms with Gasteiger partial charge in [-0.1, -0.05) is 12.1 Å². The van der Waals surface area contributed by atoms with Crippen molar-refractivity contribution in [1.82, 2.24) is 9.88 Å². The van der Waals surface area contributed by atoms with Crippen LogP contribution in [0.2, 0.25) is 0 Å². The van der Waals surface area contributed by atoms with Crippen LogP contribution in [0.5, 0.6) is 5.75 Å². The van der Waals surface area contributed by atoms with Crippen molar-refractivity contribution in [2.24, 2.45) is 5.92 Å². The first-order valence-electron chi connectivity index (χ1n) is 11.0. The standard InChI is InChI=1S/C25H26BrN3O3/c1-32-18-6-7-22-19(13-18)20(14-27-22)16-8-10-28(11-9-16)25(31)17-12-24(30)29(15-17)23-5-3-2-4-21(23)26/h2-7,13-14,16-17,27H,8-12,15H2,1H3. The van der Waals surface area contributed by atoms with Gasteiger partial charge in [-0.2, -0.15) is 0 Å². The van der Waals surface area contributed by atoms with Crippen LogP contribution in [-0.2, 0) is 9.59 Å². The molecule has 5 rings (SSSR count). The van der Waals surface area contributed by atoms with Crippen LogP contribution in [0.3, 0.4) is 0 Å². The predicted molar refractivity (Wildman–Crippen MR) is 128 cm³/mol. The Morgan fingerprint density at radius 1 is 1.16 bits per heavy atom. The molecule has 0 spiro atoms. The highest BCUT2D eigenvalue weighted by Crippen LogP contribution is 2.36. The first kappa shape index (κ1) is 21.1. The number of para-hydroxylation sites is 1. The number of fused-ring (bicyclic) bond motifs is 1. The van der Waals surface area contributed by atoms with Crippen LogP contribution in [0, 0.1) is 5.92 Å². The number of halogens is 1. The normalized spacial score (nSPS) is 19.7. The van der Waals surface area contributed by atoms with Crippen molar-refractivity contribution in [1.29, 1.82) is 0 Å². The molecule has 166 valence electrons. The molecule has 6 nitrogen and oxygen atoms in total. The van der Waals surface area contributed by atoms with Gasteiger partial charge in [0.1, 0.15) is 5.75 Å². The second-order valence-electron chi connectivity index (χ2n) is 8.61. The minimum absolute atomic E-state index is 0.0119. The molecule has 2 fully saturated rings. The smallest absolute Gasteiger partial charge is 0.228 e. The predicted octanol–water partition coefficient (Wildman–Crippen LogP) is 4.70. The molecule has 1 aromatic heterocycles. The number of piperidine rings is 1. The lowest BCUT2D eigenvalue weighted by molar-refractivity contribution is -0.136. The minimum atomic E-state index is -0.275. The largest absolute Gasteiger partial charge is 0.497 e. The highest BCUT2D eigenvalue weighted by atomic mass is 79.9. The summed E-state index contributed by atoms with van der Waals surface area (Å²) >= 11 is 3.52. The highest BCUT2D eigenvalue weighted by molar-refractivity contribution is 9.10. The highest BCUT2D eigenvalue weighted by Gasteiger charge is 2.38. The summed E-state index contributed by atoms with van der Waals surface area (Å²) in [5.74, 6) is 1.10. The summed E-state index contributed by atoms with van der Waals surface area (Å²) in [6.07, 6.45) is 4.22. The Hall–Kier alpha value is -2.80. The van der Waals surface area contributed by atoms with Crippen LogP contribution in [0.4, 0.5) is 5.69 Å². The van der Waals surface area contributed by atoms with Gasteiger partial charge in [-0.15, -0.1) is 0 Å². The molecule has 1 atom stereocenters. The monoisotopic (exact) mass is 495 g/mol. The third-order valence-corrected chi connectivity index (χ3v) is 7.46. The Labute approximate surface area is 195 Å². The van der Waals surface area contributed by atoms with Gasteiger partial charge in [0.25, 0.3) is 0 Å². The Balaban J connectivity index is 1.25. The average molecular weight is 496 g/mol. The lowest BCUT2D eigenvalue weighted by Gasteiger charge is -2.33. The van der Waals surface area contributed by atoms with Crippen LogP contribution in [0.15, 0.2) is 53.1 Å². The van der Waals surface area contributed by atoms with Crippen LogP contribution in [0.1, 0.15) is 30.7 Å². The third kappa shape index (κ3) is 3.79. The number of hydrogen-bond acceptors (Lipinski definition) is 3. The molecule has 0 saturated carbocycles. The van der Waals surface area contributed by atoms with Gasteiger partial charge in [0.2, 0.25) is 11.8 Å². The molecular weight excluding hydrogens is 470 g/mol. The molecular formula is C25H26BrN3O3. The van der Waals surface area contributed by atoms with Gasteiger partial charge in [-0.05, 0) is 70.6 Å². The van der Waals surface area contributed by atoms with Crippen molar-refractivity contribution >= 4 is 44.3 Å². The van der Waals surface area contributed by atoms with Crippen molar-refractivity contribution in [2.45, 2.75) is 25.2 Å². The molecule has 7 heteroatoms. The molecule has 1 unspecified atom stereocenters. The number of hydrogen-bond donors (Lipinski definition) is 1. The van der Waals surface area contributed by atoms with Crippen LogP contribution >= 0.6 is 15.9 Å². The number of aromatic nitrogens is 1. The quantitative estimate of drug-likeness (QED) is 0.570. The zero-order valence-corrected chi connectivity index (χ0v) is 19.6. The molecule has 2 aliphatic rings. The Morgan fingerprint density at radius 2 is 1.94 bits per heavy atom. The summed E-state index contributed by atoms with van der Waals surface area (Å²) in [6, 6.07) is 13.8. The van der Waals surface area contributed by atoms with Crippen LogP contribution in [0.25, 0.3) is 10.9 Å². The van der Waals surface area contributed by atoms with E-state index >= 15 is 0 Å². The fourth-order valence-corrected chi connectivity index (χ4v) is 5.53. The van der Waals surface area contributed by atoms with Gasteiger partial charge in [-0.25, -0.2) is 0 Å². The maximum atomic E-state index is 13.2. The van der Waals surface area contributed by atoms with Crippen molar-refractivity contribution < 1.29 is 14.3 Å². The summed E-state index contributed by atoms with van der Waals surface area (Å²) in [5.41, 5.74) is 3.24. The van der Waals surface area contributed by atoms with E-state index in [1.807, 2.05) is 41.3 Å². The van der Waals surface area contributed by atoms with Crippen LogP contribution in [-0.4, -0.2) is 48.4 Å². The van der Waals surface area contributed by atoms with Crippen molar-refractivity contribution in [3.63, 3.8) is 0 Å². The number of ether oxygens (including phenoxy) is 1. The van der Waals surface area contributed by atoms with E-state index in [1.54, 1.807) is 12.0 Å². The molecule has 0 bridgehead atoms. The fraction of sp³-hybridized carbons (Fsp3) is 0.360. The Bertz CT molecular complexity index is 1170. The van der Waals surface area contributed by atoms with E-state index < -0.39 is 0 Å². The molecule has 2 aliphatic heterocycles. The second kappa shape index (κ2) is 8.62. The number of H-pyrrole nitrogens is 1. The number of nitrogens with zero attached hydrogens (tertiary/aromatic N) is 2. The molecule has 32 heavy (non-hydrogen) atoms. The number of anilines is 1. The van der Waals surface area contributed by atoms with Gasteiger partial charge in [-0.3, -0.25) is 9.59 Å². The summed E-state index contributed by atoms with van der Waals surface area (Å²) in [6.45, 7) is 1.89. The number of carbonyl (C=O) groups is 2. The summed E-state index contributed by atoms with van der Waals surface area (Å²) in [4.78, 5) is 32.9. The molecule has 3 aromatic rings. The summed E-state index contributed by atoms with van der Waals surface area (Å²) in [5, 5.41) is 1.19. The van der Waals surface area contributed by atoms with Gasteiger partial charge in [0.05, 0.1) is 18.7 Å². The average Bonchev–Trinajstić information content (AvgIpc) is 3.42. The third-order valence-electron chi connectivity index (χ3n) is 6.78. The number of likely N-dealkylation sites (tertiary alicyclic amines) is 1. The number of nitrogens with one attached hydrogen (secondary N) is 1. The van der Waals surface area contributed by atoms with E-state index in [9.17, 15) is 9.59 Å². The van der Waals surface area contributed by atoms with Gasteiger partial charge in [0, 0.05) is 47.6 Å². The second-order valence-corrected chi connectivity index (χ2v) is 9.47. The minimum Gasteiger partial charge on any atom is -0.497 e. The van der Waals surface area contributed by atoms with Crippen molar-refractivity contribution in [2.75, 3.05) is 31.6 Å². The van der Waals surface area contributed by atoms with Crippen molar-refractivity contribution in [3.05, 3.63) is 58.7 Å². The number of amides is 2. The van der Waals surface area contributed by atoms with E-state index in [2.05, 4.69) is 33.2 Å². The maximum absolute atomic E-state index is 13.2. The Morgan fingerprint density at radius 3 is 2.69 bits per heavy atom. The van der Waals surface area contributed by atoms with E-state index in [0.717, 1.165) is 47.4 Å². The molecule has 2 saturated heterocycles. The zero-order valence-electron chi connectivity index (χ0n) is 18.0. The molecule has 0 aliphatic carbocycles. The Kier molecular flexibility index (Phi) is 5.67. The lowest BCUT2D eigenvalue weighted by Crippen LogP contribution is -2.42. The molecule has 3 heterocycles. The summed E-state index contributed by atoms with van der Waals surface area (Å²) < 4.78 is 6.27. The molecule has 0 radical (unpaired) electrons. The topological polar surface area (TPSA) is 65.6 Å². The molecule has 2 aromatic carbocycles. The van der Waals surface area contributed by atoms with E-state index in [-0.39, 0.29) is 24.2 Å². The maximum Gasteiger partial charge on any atom is 0.228 e.